The number of nitrogens with one attached hydrogen (secondary N) is 1. The zero-order valence-electron chi connectivity index (χ0n) is 11.0. The molecule has 2 rings (SSSR count). The van der Waals surface area contributed by atoms with Crippen molar-refractivity contribution in [3.8, 4) is 0 Å². The van der Waals surface area contributed by atoms with Gasteiger partial charge in [0.05, 0.1) is 11.5 Å². The molecule has 0 radical (unpaired) electrons. The van der Waals surface area contributed by atoms with Crippen molar-refractivity contribution in [3.63, 3.8) is 0 Å². The molecule has 1 aliphatic rings. The number of benzene rings is 1. The number of nitrogens with zero attached hydrogens (tertiary/aromatic N) is 1. The molecule has 19 heavy (non-hydrogen) atoms. The fourth-order valence-corrected chi connectivity index (χ4v) is 4.01. The molecule has 0 spiro atoms. The minimum absolute atomic E-state index is 0.280. The van der Waals surface area contributed by atoms with Crippen molar-refractivity contribution in [3.05, 3.63) is 33.8 Å². The molecule has 0 atom stereocenters. The van der Waals surface area contributed by atoms with Gasteiger partial charge in [-0.3, -0.25) is 4.90 Å². The Morgan fingerprint density at radius 1 is 1.32 bits per heavy atom. The Hall–Kier alpha value is -0.430. The average Bonchev–Trinajstić information content (AvgIpc) is 2.35. The van der Waals surface area contributed by atoms with Crippen molar-refractivity contribution in [2.24, 2.45) is 0 Å². The summed E-state index contributed by atoms with van der Waals surface area (Å²) in [7, 11) is -0.867. The monoisotopic (exact) mass is 346 g/mol. The van der Waals surface area contributed by atoms with E-state index >= 15 is 0 Å². The average molecular weight is 347 g/mol. The van der Waals surface area contributed by atoms with Gasteiger partial charge in [0.2, 0.25) is 0 Å². The molecule has 1 aliphatic heterocycles. The maximum absolute atomic E-state index is 11.4. The van der Waals surface area contributed by atoms with Gasteiger partial charge >= 0.3 is 0 Å². The molecule has 1 aromatic carbocycles. The van der Waals surface area contributed by atoms with Gasteiger partial charge in [-0.25, -0.2) is 8.42 Å². The van der Waals surface area contributed by atoms with Crippen molar-refractivity contribution in [1.82, 2.24) is 10.2 Å². The Balaban J connectivity index is 2.00. The fourth-order valence-electron chi connectivity index (χ4n) is 2.18. The molecule has 1 N–H and O–H groups in total. The van der Waals surface area contributed by atoms with Crippen LogP contribution in [0.25, 0.3) is 0 Å². The summed E-state index contributed by atoms with van der Waals surface area (Å²) in [4.78, 5) is 2.19. The minimum atomic E-state index is -2.79. The molecule has 4 nitrogen and oxygen atoms in total. The van der Waals surface area contributed by atoms with E-state index in [1.165, 1.54) is 11.1 Å². The molecule has 1 fully saturated rings. The molecule has 0 aliphatic carbocycles. The van der Waals surface area contributed by atoms with Crippen LogP contribution in [0.2, 0.25) is 0 Å². The molecule has 0 bridgehead atoms. The van der Waals surface area contributed by atoms with Gasteiger partial charge in [0, 0.05) is 30.7 Å². The highest BCUT2D eigenvalue weighted by Gasteiger charge is 2.21. The first kappa shape index (κ1) is 15.0. The largest absolute Gasteiger partial charge is 0.316 e. The quantitative estimate of drug-likeness (QED) is 0.895. The van der Waals surface area contributed by atoms with Gasteiger partial charge in [-0.15, -0.1) is 0 Å². The van der Waals surface area contributed by atoms with E-state index in [-0.39, 0.29) is 11.5 Å². The Morgan fingerprint density at radius 2 is 2.00 bits per heavy atom. The summed E-state index contributed by atoms with van der Waals surface area (Å²) in [5, 5.41) is 3.12. The summed E-state index contributed by atoms with van der Waals surface area (Å²) in [5.41, 5.74) is 2.44. The highest BCUT2D eigenvalue weighted by molar-refractivity contribution is 9.10. The lowest BCUT2D eigenvalue weighted by Crippen LogP contribution is -2.39. The van der Waals surface area contributed by atoms with Crippen molar-refractivity contribution in [2.45, 2.75) is 13.1 Å². The Bertz CT molecular complexity index is 532. The first-order valence-electron chi connectivity index (χ1n) is 6.35. The molecule has 1 saturated heterocycles. The van der Waals surface area contributed by atoms with Crippen molar-refractivity contribution in [2.75, 3.05) is 31.6 Å². The van der Waals surface area contributed by atoms with Gasteiger partial charge in [-0.05, 0) is 24.2 Å². The second-order valence-corrected chi connectivity index (χ2v) is 8.04. The third-order valence-electron chi connectivity index (χ3n) is 3.33. The summed E-state index contributed by atoms with van der Waals surface area (Å²) >= 11 is 3.59. The topological polar surface area (TPSA) is 49.4 Å². The standard InChI is InChI=1S/C13H19BrN2O2S/c1-15-9-11-2-3-12(13(14)8-11)10-16-4-6-19(17,18)7-5-16/h2-3,8,15H,4-7,9-10H2,1H3. The zero-order valence-corrected chi connectivity index (χ0v) is 13.4. The van der Waals surface area contributed by atoms with Crippen LogP contribution in [0, 0.1) is 0 Å². The normalized spacial score (nSPS) is 19.5. The van der Waals surface area contributed by atoms with Crippen LogP contribution in [0.1, 0.15) is 11.1 Å². The van der Waals surface area contributed by atoms with E-state index in [1.54, 1.807) is 0 Å². The summed E-state index contributed by atoms with van der Waals surface area (Å²) in [5.74, 6) is 0.560. The lowest BCUT2D eigenvalue weighted by molar-refractivity contribution is 0.287. The number of hydrogen-bond donors (Lipinski definition) is 1. The molecule has 1 heterocycles. The first-order chi connectivity index (χ1) is 9.00. The maximum atomic E-state index is 11.4. The van der Waals surface area contributed by atoms with Crippen LogP contribution >= 0.6 is 15.9 Å². The smallest absolute Gasteiger partial charge is 0.152 e. The SMILES string of the molecule is CNCc1ccc(CN2CCS(=O)(=O)CC2)c(Br)c1. The molecule has 1 aromatic rings. The van der Waals surface area contributed by atoms with E-state index < -0.39 is 9.84 Å². The van der Waals surface area contributed by atoms with E-state index in [2.05, 4.69) is 44.3 Å². The van der Waals surface area contributed by atoms with Crippen LogP contribution < -0.4 is 5.32 Å². The second kappa shape index (κ2) is 6.35. The van der Waals surface area contributed by atoms with E-state index in [0.717, 1.165) is 17.6 Å². The van der Waals surface area contributed by atoms with E-state index in [1.807, 2.05) is 7.05 Å². The molecular formula is C13H19BrN2O2S. The Morgan fingerprint density at radius 3 is 2.58 bits per heavy atom. The van der Waals surface area contributed by atoms with Gasteiger partial charge < -0.3 is 5.32 Å². The molecule has 0 unspecified atom stereocenters. The summed E-state index contributed by atoms with van der Waals surface area (Å²) < 4.78 is 23.9. The predicted octanol–water partition coefficient (Wildman–Crippen LogP) is 1.40. The van der Waals surface area contributed by atoms with Crippen molar-refractivity contribution in [1.29, 1.82) is 0 Å². The van der Waals surface area contributed by atoms with Crippen LogP contribution in [0.5, 0.6) is 0 Å². The zero-order chi connectivity index (χ0) is 13.9. The summed E-state index contributed by atoms with van der Waals surface area (Å²) in [6, 6.07) is 6.34. The van der Waals surface area contributed by atoms with Crippen molar-refractivity contribution < 1.29 is 8.42 Å². The maximum Gasteiger partial charge on any atom is 0.152 e. The third kappa shape index (κ3) is 4.27. The van der Waals surface area contributed by atoms with Crippen molar-refractivity contribution >= 4 is 25.8 Å². The highest BCUT2D eigenvalue weighted by atomic mass is 79.9. The van der Waals surface area contributed by atoms with E-state index in [9.17, 15) is 8.42 Å². The van der Waals surface area contributed by atoms with Gasteiger partial charge in [-0.1, -0.05) is 28.1 Å². The van der Waals surface area contributed by atoms with Gasteiger partial charge in [-0.2, -0.15) is 0 Å². The molecular weight excluding hydrogens is 328 g/mol. The lowest BCUT2D eigenvalue weighted by Gasteiger charge is -2.27. The summed E-state index contributed by atoms with van der Waals surface area (Å²) in [6.45, 7) is 2.91. The molecule has 0 amide bonds. The van der Waals surface area contributed by atoms with E-state index in [4.69, 9.17) is 0 Å². The third-order valence-corrected chi connectivity index (χ3v) is 5.68. The number of sulfone groups is 1. The van der Waals surface area contributed by atoms with Gasteiger partial charge in [0.25, 0.3) is 0 Å². The molecule has 106 valence electrons. The first-order valence-corrected chi connectivity index (χ1v) is 8.96. The predicted molar refractivity (Wildman–Crippen MR) is 80.8 cm³/mol. The van der Waals surface area contributed by atoms with Gasteiger partial charge in [0.15, 0.2) is 9.84 Å². The van der Waals surface area contributed by atoms with Crippen LogP contribution in [-0.4, -0.2) is 45.0 Å². The Labute approximate surface area is 123 Å². The molecule has 6 heteroatoms. The minimum Gasteiger partial charge on any atom is -0.316 e. The van der Waals surface area contributed by atoms with Gasteiger partial charge in [0.1, 0.15) is 0 Å². The second-order valence-electron chi connectivity index (χ2n) is 4.88. The number of hydrogen-bond acceptors (Lipinski definition) is 4. The lowest BCUT2D eigenvalue weighted by atomic mass is 10.1. The van der Waals surface area contributed by atoms with Crippen LogP contribution in [0.4, 0.5) is 0 Å². The summed E-state index contributed by atoms with van der Waals surface area (Å²) in [6.07, 6.45) is 0. The number of rotatable bonds is 4. The molecule has 0 saturated carbocycles. The molecule has 0 aromatic heterocycles. The van der Waals surface area contributed by atoms with Crippen LogP contribution in [-0.2, 0) is 22.9 Å². The van der Waals surface area contributed by atoms with Crippen LogP contribution in [0.3, 0.4) is 0 Å². The fraction of sp³-hybridized carbons (Fsp3) is 0.538. The number of halogens is 1. The van der Waals surface area contributed by atoms with Crippen LogP contribution in [0.15, 0.2) is 22.7 Å². The Kier molecular flexibility index (Phi) is 5.00. The highest BCUT2D eigenvalue weighted by Crippen LogP contribution is 2.21. The van der Waals surface area contributed by atoms with E-state index in [0.29, 0.717) is 13.1 Å².